The summed E-state index contributed by atoms with van der Waals surface area (Å²) in [6, 6.07) is 5.34. The van der Waals surface area contributed by atoms with Crippen molar-refractivity contribution in [2.45, 2.75) is 26.0 Å². The maximum absolute atomic E-state index is 9.71. The van der Waals surface area contributed by atoms with Crippen molar-refractivity contribution >= 4 is 23.2 Å². The van der Waals surface area contributed by atoms with E-state index >= 15 is 0 Å². The summed E-state index contributed by atoms with van der Waals surface area (Å²) in [6.07, 6.45) is 3.70. The van der Waals surface area contributed by atoms with Gasteiger partial charge in [-0.3, -0.25) is 4.68 Å². The van der Waals surface area contributed by atoms with Crippen LogP contribution in [0.25, 0.3) is 0 Å². The molecule has 0 bridgehead atoms. The molecule has 1 aromatic heterocycles. The van der Waals surface area contributed by atoms with Gasteiger partial charge in [0.2, 0.25) is 0 Å². The Morgan fingerprint density at radius 1 is 1.39 bits per heavy atom. The van der Waals surface area contributed by atoms with E-state index in [4.69, 9.17) is 23.2 Å². The molecule has 0 aliphatic rings. The smallest absolute Gasteiger partial charge is 0.0817 e. The van der Waals surface area contributed by atoms with Gasteiger partial charge < -0.3 is 5.11 Å². The van der Waals surface area contributed by atoms with Gasteiger partial charge in [-0.05, 0) is 30.2 Å². The first kappa shape index (κ1) is 13.4. The summed E-state index contributed by atoms with van der Waals surface area (Å²) in [6.45, 7) is 2.46. The molecule has 1 atom stereocenters. The third-order valence-electron chi connectivity index (χ3n) is 2.76. The Morgan fingerprint density at radius 2 is 2.17 bits per heavy atom. The Labute approximate surface area is 116 Å². The Morgan fingerprint density at radius 3 is 2.89 bits per heavy atom. The molecule has 0 spiro atoms. The zero-order valence-electron chi connectivity index (χ0n) is 9.98. The fraction of sp³-hybridized carbons (Fsp3) is 0.308. The highest BCUT2D eigenvalue weighted by molar-refractivity contribution is 6.33. The van der Waals surface area contributed by atoms with Crippen molar-refractivity contribution in [1.29, 1.82) is 0 Å². The third kappa shape index (κ3) is 3.05. The third-order valence-corrected chi connectivity index (χ3v) is 3.37. The standard InChI is InChI=1S/C13H14Cl2N2O/c1-2-13(18)10-6-16-17(8-10)7-9-5-11(14)3-4-12(9)15/h3-6,8,13,18H,2,7H2,1H3. The quantitative estimate of drug-likeness (QED) is 0.930. The number of nitrogens with zero attached hydrogens (tertiary/aromatic N) is 2. The summed E-state index contributed by atoms with van der Waals surface area (Å²) < 4.78 is 1.74. The number of rotatable bonds is 4. The average Bonchev–Trinajstić information content (AvgIpc) is 2.81. The second kappa shape index (κ2) is 5.74. The first-order chi connectivity index (χ1) is 8.60. The van der Waals surface area contributed by atoms with E-state index in [1.807, 2.05) is 19.2 Å². The number of benzene rings is 1. The topological polar surface area (TPSA) is 38.1 Å². The number of hydrogen-bond donors (Lipinski definition) is 1. The molecule has 0 fully saturated rings. The van der Waals surface area contributed by atoms with Crippen LogP contribution in [0.5, 0.6) is 0 Å². The van der Waals surface area contributed by atoms with Crippen molar-refractivity contribution in [2.24, 2.45) is 0 Å². The van der Waals surface area contributed by atoms with Crippen LogP contribution in [0.3, 0.4) is 0 Å². The molecule has 96 valence electrons. The van der Waals surface area contributed by atoms with E-state index in [0.29, 0.717) is 23.0 Å². The van der Waals surface area contributed by atoms with E-state index in [-0.39, 0.29) is 0 Å². The van der Waals surface area contributed by atoms with Gasteiger partial charge in [0.15, 0.2) is 0 Å². The molecular formula is C13H14Cl2N2O. The Kier molecular flexibility index (Phi) is 4.27. The van der Waals surface area contributed by atoms with Crippen LogP contribution < -0.4 is 0 Å². The summed E-state index contributed by atoms with van der Waals surface area (Å²) in [5.41, 5.74) is 1.72. The summed E-state index contributed by atoms with van der Waals surface area (Å²) in [7, 11) is 0. The highest BCUT2D eigenvalue weighted by atomic mass is 35.5. The van der Waals surface area contributed by atoms with Crippen molar-refractivity contribution < 1.29 is 5.11 Å². The van der Waals surface area contributed by atoms with Gasteiger partial charge in [0.25, 0.3) is 0 Å². The van der Waals surface area contributed by atoms with Crippen molar-refractivity contribution in [3.05, 3.63) is 51.8 Å². The number of hydrogen-bond acceptors (Lipinski definition) is 2. The van der Waals surface area contributed by atoms with Crippen molar-refractivity contribution in [3.63, 3.8) is 0 Å². The average molecular weight is 285 g/mol. The van der Waals surface area contributed by atoms with Crippen molar-refractivity contribution in [1.82, 2.24) is 9.78 Å². The van der Waals surface area contributed by atoms with E-state index < -0.39 is 6.10 Å². The first-order valence-electron chi connectivity index (χ1n) is 5.74. The highest BCUT2D eigenvalue weighted by Crippen LogP contribution is 2.22. The van der Waals surface area contributed by atoms with Crippen LogP contribution >= 0.6 is 23.2 Å². The molecule has 5 heteroatoms. The van der Waals surface area contributed by atoms with E-state index in [1.54, 1.807) is 23.0 Å². The van der Waals surface area contributed by atoms with Gasteiger partial charge in [-0.2, -0.15) is 5.10 Å². The molecule has 2 aromatic rings. The highest BCUT2D eigenvalue weighted by Gasteiger charge is 2.09. The van der Waals surface area contributed by atoms with Crippen molar-refractivity contribution in [3.8, 4) is 0 Å². The van der Waals surface area contributed by atoms with Crippen LogP contribution in [0.1, 0.15) is 30.6 Å². The summed E-state index contributed by atoms with van der Waals surface area (Å²) in [4.78, 5) is 0. The molecule has 3 nitrogen and oxygen atoms in total. The molecule has 1 aromatic carbocycles. The minimum Gasteiger partial charge on any atom is -0.388 e. The van der Waals surface area contributed by atoms with Gasteiger partial charge in [0.05, 0.1) is 18.8 Å². The zero-order chi connectivity index (χ0) is 13.1. The van der Waals surface area contributed by atoms with Crippen LogP contribution in [0.4, 0.5) is 0 Å². The number of aromatic nitrogens is 2. The van der Waals surface area contributed by atoms with Gasteiger partial charge in [-0.25, -0.2) is 0 Å². The fourth-order valence-corrected chi connectivity index (χ4v) is 2.08. The monoisotopic (exact) mass is 284 g/mol. The molecule has 1 heterocycles. The zero-order valence-corrected chi connectivity index (χ0v) is 11.5. The maximum Gasteiger partial charge on any atom is 0.0817 e. The molecule has 0 aliphatic carbocycles. The Hall–Kier alpha value is -1.03. The molecule has 0 amide bonds. The second-order valence-corrected chi connectivity index (χ2v) is 4.97. The normalized spacial score (nSPS) is 12.7. The molecule has 18 heavy (non-hydrogen) atoms. The van der Waals surface area contributed by atoms with Gasteiger partial charge in [0, 0.05) is 21.8 Å². The number of halogens is 2. The molecule has 0 saturated heterocycles. The van der Waals surface area contributed by atoms with Gasteiger partial charge in [-0.15, -0.1) is 0 Å². The maximum atomic E-state index is 9.71. The van der Waals surface area contributed by atoms with E-state index in [2.05, 4.69) is 5.10 Å². The van der Waals surface area contributed by atoms with Crippen LogP contribution in [0.15, 0.2) is 30.6 Å². The van der Waals surface area contributed by atoms with Crippen LogP contribution in [-0.4, -0.2) is 14.9 Å². The van der Waals surface area contributed by atoms with E-state index in [1.165, 1.54) is 0 Å². The van der Waals surface area contributed by atoms with Crippen LogP contribution in [0.2, 0.25) is 10.0 Å². The summed E-state index contributed by atoms with van der Waals surface area (Å²) >= 11 is 12.0. The van der Waals surface area contributed by atoms with Crippen LogP contribution in [0, 0.1) is 0 Å². The van der Waals surface area contributed by atoms with Crippen molar-refractivity contribution in [2.75, 3.05) is 0 Å². The number of aliphatic hydroxyl groups is 1. The first-order valence-corrected chi connectivity index (χ1v) is 6.50. The lowest BCUT2D eigenvalue weighted by Gasteiger charge is -2.06. The Bertz CT molecular complexity index is 540. The molecule has 0 aliphatic heterocycles. The van der Waals surface area contributed by atoms with Gasteiger partial charge in [-0.1, -0.05) is 30.1 Å². The summed E-state index contributed by atoms with van der Waals surface area (Å²) in [5.74, 6) is 0. The number of aliphatic hydroxyl groups excluding tert-OH is 1. The SMILES string of the molecule is CCC(O)c1cnn(Cc2cc(Cl)ccc2Cl)c1. The lowest BCUT2D eigenvalue weighted by molar-refractivity contribution is 0.173. The molecule has 2 rings (SSSR count). The minimum atomic E-state index is -0.464. The molecule has 1 unspecified atom stereocenters. The molecular weight excluding hydrogens is 271 g/mol. The minimum absolute atomic E-state index is 0.464. The molecule has 0 radical (unpaired) electrons. The summed E-state index contributed by atoms with van der Waals surface area (Å²) in [5, 5.41) is 15.2. The predicted molar refractivity (Wildman–Crippen MR) is 73.0 cm³/mol. The second-order valence-electron chi connectivity index (χ2n) is 4.13. The predicted octanol–water partition coefficient (Wildman–Crippen LogP) is 3.68. The van der Waals surface area contributed by atoms with E-state index in [0.717, 1.165) is 11.1 Å². The van der Waals surface area contributed by atoms with Gasteiger partial charge in [0.1, 0.15) is 0 Å². The largest absolute Gasteiger partial charge is 0.388 e. The lowest BCUT2D eigenvalue weighted by Crippen LogP contribution is -2.01. The molecule has 0 saturated carbocycles. The lowest BCUT2D eigenvalue weighted by atomic mass is 10.1. The van der Waals surface area contributed by atoms with Gasteiger partial charge >= 0.3 is 0 Å². The van der Waals surface area contributed by atoms with Crippen LogP contribution in [-0.2, 0) is 6.54 Å². The molecule has 1 N–H and O–H groups in total. The fourth-order valence-electron chi connectivity index (χ4n) is 1.71. The Balaban J connectivity index is 2.18. The van der Waals surface area contributed by atoms with E-state index in [9.17, 15) is 5.11 Å².